The fraction of sp³-hybridized carbons (Fsp3) is 0.385. The van der Waals surface area contributed by atoms with Crippen LogP contribution in [0.25, 0.3) is 0 Å². The molecule has 0 atom stereocenters. The van der Waals surface area contributed by atoms with Gasteiger partial charge in [-0.25, -0.2) is 0 Å². The SMILES string of the molecule is CCN1CCN(Cc2ccc(Br)c(N)c2)C(=O)C1=O. The summed E-state index contributed by atoms with van der Waals surface area (Å²) >= 11 is 3.33. The first kappa shape index (κ1) is 13.9. The van der Waals surface area contributed by atoms with Crippen molar-refractivity contribution in [2.24, 2.45) is 0 Å². The van der Waals surface area contributed by atoms with Crippen LogP contribution in [0.2, 0.25) is 0 Å². The van der Waals surface area contributed by atoms with E-state index in [0.717, 1.165) is 10.0 Å². The predicted molar refractivity (Wildman–Crippen MR) is 76.2 cm³/mol. The monoisotopic (exact) mass is 325 g/mol. The first-order valence-electron chi connectivity index (χ1n) is 6.15. The van der Waals surface area contributed by atoms with Crippen LogP contribution in [0.15, 0.2) is 22.7 Å². The van der Waals surface area contributed by atoms with Crippen LogP contribution in [0.3, 0.4) is 0 Å². The van der Waals surface area contributed by atoms with Gasteiger partial charge in [-0.3, -0.25) is 9.59 Å². The third-order valence-electron chi connectivity index (χ3n) is 3.21. The van der Waals surface area contributed by atoms with E-state index in [1.54, 1.807) is 9.80 Å². The highest BCUT2D eigenvalue weighted by Crippen LogP contribution is 2.21. The highest BCUT2D eigenvalue weighted by atomic mass is 79.9. The normalized spacial score (nSPS) is 16.1. The second kappa shape index (κ2) is 5.61. The van der Waals surface area contributed by atoms with Crippen LogP contribution in [0.1, 0.15) is 12.5 Å². The van der Waals surface area contributed by atoms with Crippen LogP contribution in [-0.2, 0) is 16.1 Å². The number of likely N-dealkylation sites (N-methyl/N-ethyl adjacent to an activating group) is 1. The highest BCUT2D eigenvalue weighted by molar-refractivity contribution is 9.10. The van der Waals surface area contributed by atoms with E-state index in [1.807, 2.05) is 25.1 Å². The first-order chi connectivity index (χ1) is 9.02. The lowest BCUT2D eigenvalue weighted by Gasteiger charge is -2.33. The zero-order valence-corrected chi connectivity index (χ0v) is 12.3. The molecule has 1 fully saturated rings. The van der Waals surface area contributed by atoms with Gasteiger partial charge in [0.25, 0.3) is 0 Å². The summed E-state index contributed by atoms with van der Waals surface area (Å²) in [5.41, 5.74) is 7.36. The molecule has 1 aromatic rings. The van der Waals surface area contributed by atoms with Gasteiger partial charge in [0.15, 0.2) is 0 Å². The quantitative estimate of drug-likeness (QED) is 0.671. The zero-order valence-electron chi connectivity index (χ0n) is 10.7. The molecule has 19 heavy (non-hydrogen) atoms. The van der Waals surface area contributed by atoms with Gasteiger partial charge in [-0.1, -0.05) is 6.07 Å². The van der Waals surface area contributed by atoms with E-state index >= 15 is 0 Å². The number of nitrogens with two attached hydrogens (primary N) is 1. The molecule has 102 valence electrons. The molecule has 0 spiro atoms. The number of rotatable bonds is 3. The summed E-state index contributed by atoms with van der Waals surface area (Å²) < 4.78 is 0.828. The molecule has 1 saturated heterocycles. The van der Waals surface area contributed by atoms with Crippen molar-refractivity contribution in [2.45, 2.75) is 13.5 Å². The van der Waals surface area contributed by atoms with Crippen molar-refractivity contribution in [1.29, 1.82) is 0 Å². The van der Waals surface area contributed by atoms with E-state index in [0.29, 0.717) is 31.9 Å². The Bertz CT molecular complexity index is 519. The fourth-order valence-corrected chi connectivity index (χ4v) is 2.33. The summed E-state index contributed by atoms with van der Waals surface area (Å²) in [7, 11) is 0. The fourth-order valence-electron chi connectivity index (χ4n) is 2.08. The van der Waals surface area contributed by atoms with Crippen molar-refractivity contribution >= 4 is 33.4 Å². The van der Waals surface area contributed by atoms with Crippen LogP contribution in [-0.4, -0.2) is 41.2 Å². The van der Waals surface area contributed by atoms with E-state index < -0.39 is 11.8 Å². The number of carbonyl (C=O) groups is 2. The Kier molecular flexibility index (Phi) is 4.09. The lowest BCUT2D eigenvalue weighted by Crippen LogP contribution is -2.53. The number of nitrogen functional groups attached to an aromatic ring is 1. The van der Waals surface area contributed by atoms with E-state index in [4.69, 9.17) is 5.73 Å². The number of carbonyl (C=O) groups excluding carboxylic acids is 2. The van der Waals surface area contributed by atoms with Crippen LogP contribution >= 0.6 is 15.9 Å². The van der Waals surface area contributed by atoms with E-state index in [9.17, 15) is 9.59 Å². The van der Waals surface area contributed by atoms with Crippen molar-refractivity contribution in [2.75, 3.05) is 25.4 Å². The second-order valence-corrected chi connectivity index (χ2v) is 5.32. The van der Waals surface area contributed by atoms with Crippen molar-refractivity contribution in [3.8, 4) is 0 Å². The molecular formula is C13H16BrN3O2. The van der Waals surface area contributed by atoms with Crippen molar-refractivity contribution in [3.63, 3.8) is 0 Å². The number of halogens is 1. The van der Waals surface area contributed by atoms with Crippen LogP contribution < -0.4 is 5.73 Å². The number of piperazine rings is 1. The van der Waals surface area contributed by atoms with Crippen LogP contribution in [0.5, 0.6) is 0 Å². The molecule has 2 N–H and O–H groups in total. The standard InChI is InChI=1S/C13H16BrN3O2/c1-2-16-5-6-17(13(19)12(16)18)8-9-3-4-10(14)11(15)7-9/h3-4,7H,2,5-6,8,15H2,1H3. The minimum Gasteiger partial charge on any atom is -0.398 e. The molecule has 1 aliphatic heterocycles. The lowest BCUT2D eigenvalue weighted by atomic mass is 10.1. The number of hydrogen-bond donors (Lipinski definition) is 1. The predicted octanol–water partition coefficient (Wildman–Crippen LogP) is 1.22. The maximum Gasteiger partial charge on any atom is 0.312 e. The van der Waals surface area contributed by atoms with Gasteiger partial charge in [0.05, 0.1) is 0 Å². The number of anilines is 1. The Morgan fingerprint density at radius 1 is 1.21 bits per heavy atom. The van der Waals surface area contributed by atoms with Crippen molar-refractivity contribution in [1.82, 2.24) is 9.80 Å². The number of nitrogens with zero attached hydrogens (tertiary/aromatic N) is 2. The molecular weight excluding hydrogens is 310 g/mol. The highest BCUT2D eigenvalue weighted by Gasteiger charge is 2.31. The summed E-state index contributed by atoms with van der Waals surface area (Å²) in [6.45, 7) is 4.01. The van der Waals surface area contributed by atoms with Crippen LogP contribution in [0, 0.1) is 0 Å². The average molecular weight is 326 g/mol. The molecule has 0 unspecified atom stereocenters. The maximum atomic E-state index is 11.9. The largest absolute Gasteiger partial charge is 0.398 e. The smallest absolute Gasteiger partial charge is 0.312 e. The van der Waals surface area contributed by atoms with Gasteiger partial charge in [0.2, 0.25) is 0 Å². The summed E-state index contributed by atoms with van der Waals surface area (Å²) in [6.07, 6.45) is 0. The third kappa shape index (κ3) is 2.89. The van der Waals surface area contributed by atoms with Gasteiger partial charge in [0.1, 0.15) is 0 Å². The third-order valence-corrected chi connectivity index (χ3v) is 3.93. The Morgan fingerprint density at radius 3 is 2.47 bits per heavy atom. The molecule has 1 heterocycles. The van der Waals surface area contributed by atoms with Gasteiger partial charge in [-0.2, -0.15) is 0 Å². The van der Waals surface area contributed by atoms with E-state index in [2.05, 4.69) is 15.9 Å². The molecule has 0 saturated carbocycles. The molecule has 0 radical (unpaired) electrons. The topological polar surface area (TPSA) is 66.6 Å². The summed E-state index contributed by atoms with van der Waals surface area (Å²) in [6, 6.07) is 5.55. The minimum absolute atomic E-state index is 0.416. The van der Waals surface area contributed by atoms with Gasteiger partial charge in [-0.15, -0.1) is 0 Å². The molecule has 2 amide bonds. The molecule has 2 rings (SSSR count). The van der Waals surface area contributed by atoms with E-state index in [-0.39, 0.29) is 0 Å². The molecule has 1 aliphatic rings. The summed E-state index contributed by atoms with van der Waals surface area (Å²) in [4.78, 5) is 26.9. The van der Waals surface area contributed by atoms with Crippen LogP contribution in [0.4, 0.5) is 5.69 Å². The van der Waals surface area contributed by atoms with Gasteiger partial charge >= 0.3 is 11.8 Å². The Hall–Kier alpha value is -1.56. The van der Waals surface area contributed by atoms with E-state index in [1.165, 1.54) is 0 Å². The molecule has 6 heteroatoms. The van der Waals surface area contributed by atoms with Gasteiger partial charge in [-0.05, 0) is 40.5 Å². The summed E-state index contributed by atoms with van der Waals surface area (Å²) in [5.74, 6) is -0.853. The number of hydrogen-bond acceptors (Lipinski definition) is 3. The number of amides is 2. The minimum atomic E-state index is -0.436. The Labute approximate surface area is 120 Å². The van der Waals surface area contributed by atoms with Gasteiger partial charge in [0, 0.05) is 36.3 Å². The molecule has 0 aliphatic carbocycles. The zero-order chi connectivity index (χ0) is 14.0. The first-order valence-corrected chi connectivity index (χ1v) is 6.94. The Balaban J connectivity index is 2.09. The second-order valence-electron chi connectivity index (χ2n) is 4.47. The maximum absolute atomic E-state index is 11.9. The number of benzene rings is 1. The molecule has 0 bridgehead atoms. The summed E-state index contributed by atoms with van der Waals surface area (Å²) in [5, 5.41) is 0. The molecule has 1 aromatic carbocycles. The van der Waals surface area contributed by atoms with Crippen molar-refractivity contribution < 1.29 is 9.59 Å². The Morgan fingerprint density at radius 2 is 1.84 bits per heavy atom. The van der Waals surface area contributed by atoms with Crippen molar-refractivity contribution in [3.05, 3.63) is 28.2 Å². The average Bonchev–Trinajstić information content (AvgIpc) is 2.40. The molecule has 0 aromatic heterocycles. The molecule has 5 nitrogen and oxygen atoms in total. The lowest BCUT2D eigenvalue weighted by molar-refractivity contribution is -0.156. The van der Waals surface area contributed by atoms with Gasteiger partial charge < -0.3 is 15.5 Å².